The Balaban J connectivity index is 1.65. The Morgan fingerprint density at radius 1 is 0.913 bits per heavy atom. The van der Waals surface area contributed by atoms with Crippen LogP contribution in [0.4, 0.5) is 22.0 Å². The first-order valence-electron chi connectivity index (χ1n) is 7.02. The standard InChI is InChI=1S/C13H10BF5O4/c15-6-5(7(16)9(18)10(19)8(6)17)14(20)12-4-1-3-2-21-13(22-3)11(4)23-12/h3-4,11-13,20H,1-2H2. The lowest BCUT2D eigenvalue weighted by molar-refractivity contribution is -0.276. The molecule has 3 aliphatic rings. The van der Waals surface area contributed by atoms with Gasteiger partial charge in [0.1, 0.15) is 6.10 Å². The summed E-state index contributed by atoms with van der Waals surface area (Å²) in [5.41, 5.74) is -1.27. The number of hydrogen-bond acceptors (Lipinski definition) is 4. The van der Waals surface area contributed by atoms with Crippen LogP contribution >= 0.6 is 0 Å². The zero-order chi connectivity index (χ0) is 16.5. The first-order valence-corrected chi connectivity index (χ1v) is 7.02. The summed E-state index contributed by atoms with van der Waals surface area (Å²) >= 11 is 0. The van der Waals surface area contributed by atoms with Crippen LogP contribution in [-0.2, 0) is 14.2 Å². The fourth-order valence-electron chi connectivity index (χ4n) is 3.44. The molecule has 4 nitrogen and oxygen atoms in total. The van der Waals surface area contributed by atoms with Crippen LogP contribution in [-0.4, -0.2) is 43.0 Å². The highest BCUT2D eigenvalue weighted by atomic mass is 19.2. The zero-order valence-electron chi connectivity index (χ0n) is 11.4. The van der Waals surface area contributed by atoms with E-state index in [-0.39, 0.29) is 12.0 Å². The summed E-state index contributed by atoms with van der Waals surface area (Å²) in [4.78, 5) is 0. The first kappa shape index (κ1) is 15.3. The summed E-state index contributed by atoms with van der Waals surface area (Å²) in [6.07, 6.45) is -0.956. The van der Waals surface area contributed by atoms with E-state index in [1.165, 1.54) is 0 Å². The van der Waals surface area contributed by atoms with Crippen LogP contribution in [0.15, 0.2) is 0 Å². The number of halogens is 5. The molecule has 0 aromatic heterocycles. The van der Waals surface area contributed by atoms with Crippen molar-refractivity contribution in [2.24, 2.45) is 5.92 Å². The Morgan fingerprint density at radius 3 is 2.17 bits per heavy atom. The highest BCUT2D eigenvalue weighted by molar-refractivity contribution is 6.67. The highest BCUT2D eigenvalue weighted by Crippen LogP contribution is 2.44. The molecule has 0 spiro atoms. The lowest BCUT2D eigenvalue weighted by Gasteiger charge is -2.50. The van der Waals surface area contributed by atoms with Crippen molar-refractivity contribution in [3.05, 3.63) is 29.1 Å². The van der Waals surface area contributed by atoms with Crippen LogP contribution in [0.3, 0.4) is 0 Å². The van der Waals surface area contributed by atoms with Crippen molar-refractivity contribution < 1.29 is 41.2 Å². The minimum atomic E-state index is -2.26. The number of rotatable bonds is 2. The predicted octanol–water partition coefficient (Wildman–Crippen LogP) is 0.641. The lowest BCUT2D eigenvalue weighted by atomic mass is 9.49. The Kier molecular flexibility index (Phi) is 3.42. The van der Waals surface area contributed by atoms with Crippen molar-refractivity contribution in [3.63, 3.8) is 0 Å². The minimum absolute atomic E-state index is 0.226. The smallest absolute Gasteiger partial charge is 0.360 e. The van der Waals surface area contributed by atoms with E-state index in [0.29, 0.717) is 13.0 Å². The van der Waals surface area contributed by atoms with Gasteiger partial charge in [-0.15, -0.1) is 0 Å². The maximum Gasteiger partial charge on any atom is 0.360 e. The molecule has 10 heteroatoms. The normalized spacial score (nSPS) is 35.0. The molecule has 0 radical (unpaired) electrons. The van der Waals surface area contributed by atoms with Crippen LogP contribution in [0.1, 0.15) is 6.42 Å². The van der Waals surface area contributed by atoms with Gasteiger partial charge in [-0.3, -0.25) is 0 Å². The molecule has 3 aliphatic heterocycles. The third-order valence-electron chi connectivity index (χ3n) is 4.59. The average molecular weight is 336 g/mol. The second-order valence-electron chi connectivity index (χ2n) is 5.85. The van der Waals surface area contributed by atoms with Gasteiger partial charge in [0.15, 0.2) is 35.4 Å². The molecule has 0 aliphatic carbocycles. The molecule has 124 valence electrons. The van der Waals surface area contributed by atoms with Gasteiger partial charge in [-0.1, -0.05) is 0 Å². The molecule has 2 bridgehead atoms. The van der Waals surface area contributed by atoms with Crippen LogP contribution in [0.2, 0.25) is 0 Å². The fourth-order valence-corrected chi connectivity index (χ4v) is 3.44. The number of hydrogen-bond donors (Lipinski definition) is 1. The highest BCUT2D eigenvalue weighted by Gasteiger charge is 2.59. The van der Waals surface area contributed by atoms with Crippen molar-refractivity contribution in [3.8, 4) is 0 Å². The monoisotopic (exact) mass is 336 g/mol. The van der Waals surface area contributed by atoms with Gasteiger partial charge >= 0.3 is 6.92 Å². The van der Waals surface area contributed by atoms with E-state index in [1.807, 2.05) is 0 Å². The van der Waals surface area contributed by atoms with Crippen molar-refractivity contribution >= 4 is 12.4 Å². The van der Waals surface area contributed by atoms with Gasteiger partial charge < -0.3 is 19.2 Å². The summed E-state index contributed by atoms with van der Waals surface area (Å²) in [5.74, 6) is -10.9. The molecule has 23 heavy (non-hydrogen) atoms. The molecule has 3 saturated heterocycles. The van der Waals surface area contributed by atoms with Crippen molar-refractivity contribution in [1.29, 1.82) is 0 Å². The fraction of sp³-hybridized carbons (Fsp3) is 0.538. The van der Waals surface area contributed by atoms with Crippen LogP contribution < -0.4 is 5.46 Å². The van der Waals surface area contributed by atoms with Crippen LogP contribution in [0, 0.1) is 35.0 Å². The lowest BCUT2D eigenvalue weighted by Crippen LogP contribution is -2.66. The van der Waals surface area contributed by atoms with Crippen molar-refractivity contribution in [2.45, 2.75) is 30.9 Å². The summed E-state index contributed by atoms with van der Waals surface area (Å²) in [6.45, 7) is -1.63. The molecule has 5 unspecified atom stereocenters. The van der Waals surface area contributed by atoms with Gasteiger partial charge in [-0.2, -0.15) is 0 Å². The number of benzene rings is 1. The third kappa shape index (κ3) is 2.05. The summed E-state index contributed by atoms with van der Waals surface area (Å²) < 4.78 is 83.2. The maximum absolute atomic E-state index is 13.8. The van der Waals surface area contributed by atoms with Crippen LogP contribution in [0.25, 0.3) is 0 Å². The SMILES string of the molecule is OB(c1c(F)c(F)c(F)c(F)c1F)C1OC2C3OCC(CC12)O3. The van der Waals surface area contributed by atoms with Crippen molar-refractivity contribution in [1.82, 2.24) is 0 Å². The van der Waals surface area contributed by atoms with E-state index in [1.54, 1.807) is 0 Å². The van der Waals surface area contributed by atoms with E-state index in [9.17, 15) is 27.0 Å². The van der Waals surface area contributed by atoms with E-state index in [4.69, 9.17) is 14.2 Å². The molecule has 3 fully saturated rings. The Hall–Kier alpha value is -1.23. The summed E-state index contributed by atoms with van der Waals surface area (Å²) in [5, 5.41) is 10.1. The summed E-state index contributed by atoms with van der Waals surface area (Å²) in [7, 11) is 0. The van der Waals surface area contributed by atoms with Gasteiger partial charge in [0.2, 0.25) is 0 Å². The van der Waals surface area contributed by atoms with E-state index in [0.717, 1.165) is 0 Å². The quantitative estimate of drug-likeness (QED) is 0.373. The molecule has 5 atom stereocenters. The Morgan fingerprint density at radius 2 is 1.52 bits per heavy atom. The second-order valence-corrected chi connectivity index (χ2v) is 5.85. The molecule has 1 aromatic carbocycles. The average Bonchev–Trinajstić information content (AvgIpc) is 2.91. The zero-order valence-corrected chi connectivity index (χ0v) is 11.4. The van der Waals surface area contributed by atoms with Gasteiger partial charge in [0.25, 0.3) is 0 Å². The molecule has 0 saturated carbocycles. The van der Waals surface area contributed by atoms with E-state index in [2.05, 4.69) is 0 Å². The molecule has 1 aromatic rings. The third-order valence-corrected chi connectivity index (χ3v) is 4.59. The molecular weight excluding hydrogens is 326 g/mol. The number of ether oxygens (including phenoxy) is 3. The Labute approximate surface area is 127 Å². The number of fused-ring (bicyclic) bond motifs is 4. The first-order chi connectivity index (χ1) is 10.9. The minimum Gasteiger partial charge on any atom is -0.445 e. The largest absolute Gasteiger partial charge is 0.445 e. The molecule has 1 N–H and O–H groups in total. The second kappa shape index (κ2) is 5.14. The van der Waals surface area contributed by atoms with E-state index >= 15 is 0 Å². The Bertz CT molecular complexity index is 645. The van der Waals surface area contributed by atoms with E-state index < -0.39 is 59.9 Å². The summed E-state index contributed by atoms with van der Waals surface area (Å²) in [6, 6.07) is -1.08. The predicted molar refractivity (Wildman–Crippen MR) is 65.2 cm³/mol. The van der Waals surface area contributed by atoms with Gasteiger partial charge in [0, 0.05) is 11.4 Å². The van der Waals surface area contributed by atoms with Gasteiger partial charge in [0.05, 0.1) is 18.7 Å². The van der Waals surface area contributed by atoms with Crippen LogP contribution in [0.5, 0.6) is 0 Å². The maximum atomic E-state index is 13.8. The molecule has 0 amide bonds. The van der Waals surface area contributed by atoms with Crippen molar-refractivity contribution in [2.75, 3.05) is 6.61 Å². The van der Waals surface area contributed by atoms with Gasteiger partial charge in [-0.05, 0) is 6.42 Å². The van der Waals surface area contributed by atoms with Gasteiger partial charge in [-0.25, -0.2) is 22.0 Å². The topological polar surface area (TPSA) is 47.9 Å². The molecule has 3 heterocycles. The molecule has 4 rings (SSSR count). The molecular formula is C13H10BF5O4.